The van der Waals surface area contributed by atoms with Crippen molar-refractivity contribution >= 4 is 66.7 Å². The van der Waals surface area contributed by atoms with Crippen molar-refractivity contribution in [1.29, 1.82) is 0 Å². The second-order valence-electron chi connectivity index (χ2n) is 10.5. The molecule has 0 unspecified atom stereocenters. The maximum absolute atomic E-state index is 6.65. The average molecular weight is 513 g/mol. The number of allylic oxidation sites excluding steroid dienone is 2. The van der Waals surface area contributed by atoms with Gasteiger partial charge in [0.2, 0.25) is 0 Å². The second-order valence-corrected chi connectivity index (χ2v) is 10.5. The molecular weight excluding hydrogens is 488 g/mol. The van der Waals surface area contributed by atoms with Gasteiger partial charge in [0.15, 0.2) is 5.58 Å². The molecule has 0 bridgehead atoms. The summed E-state index contributed by atoms with van der Waals surface area (Å²) in [5, 5.41) is 7.24. The maximum atomic E-state index is 6.65. The van der Waals surface area contributed by atoms with Crippen LogP contribution in [0.15, 0.2) is 126 Å². The van der Waals surface area contributed by atoms with Crippen molar-refractivity contribution in [1.82, 2.24) is 9.13 Å². The Labute approximate surface area is 229 Å². The van der Waals surface area contributed by atoms with Crippen LogP contribution in [0.2, 0.25) is 0 Å². The lowest BCUT2D eigenvalue weighted by Gasteiger charge is -2.12. The molecule has 0 radical (unpaired) electrons. The lowest BCUT2D eigenvalue weighted by Crippen LogP contribution is -2.18. The summed E-state index contributed by atoms with van der Waals surface area (Å²) in [4.78, 5) is 0. The van der Waals surface area contributed by atoms with Crippen molar-refractivity contribution in [2.75, 3.05) is 0 Å². The van der Waals surface area contributed by atoms with E-state index in [-0.39, 0.29) is 0 Å². The number of aromatic nitrogens is 2. The van der Waals surface area contributed by atoms with E-state index in [9.17, 15) is 0 Å². The molecule has 0 fully saturated rings. The smallest absolute Gasteiger partial charge is 0.159 e. The van der Waals surface area contributed by atoms with Crippen LogP contribution in [0.1, 0.15) is 6.42 Å². The fraction of sp³-hybridized carbons (Fsp3) is 0.0270. The van der Waals surface area contributed by atoms with Gasteiger partial charge >= 0.3 is 0 Å². The molecule has 0 amide bonds. The van der Waals surface area contributed by atoms with Crippen LogP contribution in [-0.4, -0.2) is 9.13 Å². The molecule has 0 aliphatic heterocycles. The van der Waals surface area contributed by atoms with Gasteiger partial charge in [0.25, 0.3) is 0 Å². The normalized spacial score (nSPS) is 13.2. The van der Waals surface area contributed by atoms with Gasteiger partial charge in [0.1, 0.15) is 5.42 Å². The zero-order valence-corrected chi connectivity index (χ0v) is 21.7. The third-order valence-corrected chi connectivity index (χ3v) is 8.32. The van der Waals surface area contributed by atoms with E-state index < -0.39 is 0 Å². The molecule has 0 saturated heterocycles. The van der Waals surface area contributed by atoms with E-state index >= 15 is 0 Å². The minimum atomic E-state index is 0.867. The number of para-hydroxylation sites is 4. The van der Waals surface area contributed by atoms with E-state index in [1.807, 2.05) is 0 Å². The average Bonchev–Trinajstić information content (AvgIpc) is 3.58. The first-order valence-electron chi connectivity index (χ1n) is 13.8. The number of furan rings is 1. The van der Waals surface area contributed by atoms with Crippen LogP contribution in [0.3, 0.4) is 0 Å². The van der Waals surface area contributed by atoms with Crippen LogP contribution in [0.5, 0.6) is 0 Å². The van der Waals surface area contributed by atoms with Crippen molar-refractivity contribution < 1.29 is 4.42 Å². The van der Waals surface area contributed by atoms with Crippen LogP contribution < -0.4 is 10.6 Å². The first-order chi connectivity index (χ1) is 19.9. The third kappa shape index (κ3) is 2.84. The number of benzene rings is 5. The van der Waals surface area contributed by atoms with E-state index in [1.54, 1.807) is 0 Å². The largest absolute Gasteiger partial charge is 0.454 e. The summed E-state index contributed by atoms with van der Waals surface area (Å²) in [6.07, 6.45) is 9.51. The Balaban J connectivity index is 1.55. The molecule has 5 aromatic carbocycles. The van der Waals surface area contributed by atoms with Gasteiger partial charge in [-0.2, -0.15) is 0 Å². The molecule has 0 spiro atoms. The first-order valence-corrected chi connectivity index (χ1v) is 13.8. The van der Waals surface area contributed by atoms with Crippen LogP contribution >= 0.6 is 0 Å². The van der Waals surface area contributed by atoms with Crippen molar-refractivity contribution in [3.63, 3.8) is 0 Å². The zero-order chi connectivity index (χ0) is 26.2. The Morgan fingerprint density at radius 3 is 1.98 bits per heavy atom. The van der Waals surface area contributed by atoms with Gasteiger partial charge < -0.3 is 13.6 Å². The fourth-order valence-corrected chi connectivity index (χ4v) is 6.66. The highest BCUT2D eigenvalue weighted by Gasteiger charge is 2.22. The summed E-state index contributed by atoms with van der Waals surface area (Å²) in [7, 11) is 0. The molecule has 3 aromatic heterocycles. The molecule has 3 heterocycles. The maximum Gasteiger partial charge on any atom is 0.159 e. The van der Waals surface area contributed by atoms with E-state index in [0.717, 1.165) is 39.4 Å². The quantitative estimate of drug-likeness (QED) is 0.229. The molecule has 40 heavy (non-hydrogen) atoms. The highest BCUT2D eigenvalue weighted by atomic mass is 16.3. The lowest BCUT2D eigenvalue weighted by atomic mass is 10.1. The van der Waals surface area contributed by atoms with Crippen molar-refractivity contribution in [2.45, 2.75) is 6.42 Å². The number of hydrogen-bond donors (Lipinski definition) is 0. The predicted molar refractivity (Wildman–Crippen MR) is 167 cm³/mol. The van der Waals surface area contributed by atoms with Gasteiger partial charge in [-0.25, -0.2) is 0 Å². The Morgan fingerprint density at radius 1 is 0.550 bits per heavy atom. The molecule has 0 atom stereocenters. The van der Waals surface area contributed by atoms with Crippen molar-refractivity contribution in [2.24, 2.45) is 0 Å². The van der Waals surface area contributed by atoms with Crippen LogP contribution in [-0.2, 0) is 0 Å². The summed E-state index contributed by atoms with van der Waals surface area (Å²) >= 11 is 0. The number of hydrogen-bond acceptors (Lipinski definition) is 1. The van der Waals surface area contributed by atoms with Gasteiger partial charge in [0.05, 0.1) is 27.8 Å². The molecule has 3 nitrogen and oxygen atoms in total. The minimum absolute atomic E-state index is 0.867. The van der Waals surface area contributed by atoms with Crippen molar-refractivity contribution in [3.8, 4) is 11.4 Å². The van der Waals surface area contributed by atoms with Gasteiger partial charge in [0, 0.05) is 37.8 Å². The molecule has 0 saturated carbocycles. The second kappa shape index (κ2) is 8.11. The Hall–Kier alpha value is -5.28. The molecule has 0 N–H and O–H groups in total. The minimum Gasteiger partial charge on any atom is -0.454 e. The van der Waals surface area contributed by atoms with E-state index in [0.29, 0.717) is 0 Å². The molecule has 8 aromatic rings. The van der Waals surface area contributed by atoms with Crippen LogP contribution in [0.25, 0.3) is 78.1 Å². The number of nitrogens with zero attached hydrogens (tertiary/aromatic N) is 2. The summed E-state index contributed by atoms with van der Waals surface area (Å²) in [6, 6.07) is 39.3. The van der Waals surface area contributed by atoms with Crippen molar-refractivity contribution in [3.05, 3.63) is 132 Å². The first kappa shape index (κ1) is 21.6. The van der Waals surface area contributed by atoms with Gasteiger partial charge in [-0.3, -0.25) is 0 Å². The molecule has 1 aliphatic carbocycles. The lowest BCUT2D eigenvalue weighted by molar-refractivity contribution is 0.573. The SMILES string of the molecule is C1=CCC=c2oc3c(-n4c5ccccc5c5ccc6c7ccccc7n(-c7ccccc7)c6c54)cccc3c2=C1. The Kier molecular flexibility index (Phi) is 4.39. The zero-order valence-electron chi connectivity index (χ0n) is 21.7. The predicted octanol–water partition coefficient (Wildman–Crippen LogP) is 8.15. The van der Waals surface area contributed by atoms with E-state index in [4.69, 9.17) is 4.42 Å². The van der Waals surface area contributed by atoms with Gasteiger partial charge in [-0.15, -0.1) is 0 Å². The van der Waals surface area contributed by atoms with E-state index in [2.05, 4.69) is 143 Å². The molecule has 9 rings (SSSR count). The fourth-order valence-electron chi connectivity index (χ4n) is 6.66. The molecular formula is C37H24N2O. The van der Waals surface area contributed by atoms with Gasteiger partial charge in [-0.05, 0) is 42.8 Å². The van der Waals surface area contributed by atoms with Gasteiger partial charge in [-0.1, -0.05) is 97.1 Å². The number of rotatable bonds is 2. The molecule has 3 heteroatoms. The Morgan fingerprint density at radius 2 is 1.20 bits per heavy atom. The summed E-state index contributed by atoms with van der Waals surface area (Å²) < 4.78 is 11.5. The monoisotopic (exact) mass is 512 g/mol. The van der Waals surface area contributed by atoms with Crippen LogP contribution in [0, 0.1) is 0 Å². The van der Waals surface area contributed by atoms with Crippen LogP contribution in [0.4, 0.5) is 0 Å². The highest BCUT2D eigenvalue weighted by Crippen LogP contribution is 2.42. The third-order valence-electron chi connectivity index (χ3n) is 8.32. The summed E-state index contributed by atoms with van der Waals surface area (Å²) in [5.41, 5.74) is 8.82. The Bertz CT molecular complexity index is 2450. The highest BCUT2D eigenvalue weighted by molar-refractivity contribution is 6.24. The number of fused-ring (bicyclic) bond motifs is 10. The van der Waals surface area contributed by atoms with E-state index in [1.165, 1.54) is 43.6 Å². The summed E-state index contributed by atoms with van der Waals surface area (Å²) in [5.74, 6) is 0. The standard InChI is InChI=1S/C37H24N2O/c1-3-12-24(13-4-1)38-31-18-9-7-14-25(31)28-22-23-29-26-15-8-10-19-32(26)39(36(29)35(28)38)33-20-11-17-30-27-16-5-2-6-21-34(27)40-37(30)33/h1-5,7-23H,6H2. The topological polar surface area (TPSA) is 23.0 Å². The molecule has 1 aliphatic rings. The molecule has 188 valence electrons. The summed E-state index contributed by atoms with van der Waals surface area (Å²) in [6.45, 7) is 0.